The normalized spacial score (nSPS) is 12.6. The van der Waals surface area contributed by atoms with Gasteiger partial charge in [-0.25, -0.2) is 0 Å². The van der Waals surface area contributed by atoms with Gasteiger partial charge in [0, 0.05) is 12.0 Å². The first-order valence-corrected chi connectivity index (χ1v) is 7.29. The molecule has 0 aliphatic heterocycles. The largest absolute Gasteiger partial charge is 0.461 e. The molecule has 0 unspecified atom stereocenters. The van der Waals surface area contributed by atoms with Gasteiger partial charge in [0.25, 0.3) is 0 Å². The van der Waals surface area contributed by atoms with E-state index in [2.05, 4.69) is 5.32 Å². The monoisotopic (exact) mass is 291 g/mol. The highest BCUT2D eigenvalue weighted by Gasteiger charge is 2.18. The molecule has 0 radical (unpaired) electrons. The Bertz CT molecular complexity index is 463. The molecule has 0 bridgehead atoms. The highest BCUT2D eigenvalue weighted by atomic mass is 16.5. The van der Waals surface area contributed by atoms with Crippen molar-refractivity contribution in [3.63, 3.8) is 0 Å². The van der Waals surface area contributed by atoms with Crippen LogP contribution in [-0.2, 0) is 20.9 Å². The molecule has 4 heteroatoms. The average Bonchev–Trinajstić information content (AvgIpc) is 2.41. The minimum Gasteiger partial charge on any atom is -0.461 e. The minimum absolute atomic E-state index is 0.0368. The molecule has 0 aliphatic carbocycles. The Morgan fingerprint density at radius 3 is 2.38 bits per heavy atom. The molecule has 0 spiro atoms. The molecule has 0 aromatic heterocycles. The topological polar surface area (TPSA) is 55.4 Å². The zero-order valence-corrected chi connectivity index (χ0v) is 13.3. The lowest BCUT2D eigenvalue weighted by atomic mass is 10.0. The summed E-state index contributed by atoms with van der Waals surface area (Å²) in [5, 5.41) is 2.88. The fourth-order valence-corrected chi connectivity index (χ4v) is 1.82. The summed E-state index contributed by atoms with van der Waals surface area (Å²) in [5.41, 5.74) is 0.720. The second-order valence-corrected chi connectivity index (χ2v) is 6.33. The minimum atomic E-state index is -0.278. The number of carbonyl (C=O) groups is 2. The van der Waals surface area contributed by atoms with Gasteiger partial charge in [0.05, 0.1) is 5.92 Å². The summed E-state index contributed by atoms with van der Waals surface area (Å²) in [4.78, 5) is 23.6. The predicted octanol–water partition coefficient (Wildman–Crippen LogP) is 3.06. The van der Waals surface area contributed by atoms with Crippen LogP contribution in [0, 0.1) is 5.92 Å². The molecule has 4 nitrogen and oxygen atoms in total. The van der Waals surface area contributed by atoms with E-state index in [1.807, 2.05) is 51.1 Å². The van der Waals surface area contributed by atoms with Crippen LogP contribution in [0.5, 0.6) is 0 Å². The number of ether oxygens (including phenoxy) is 1. The Kier molecular flexibility index (Phi) is 6.40. The lowest BCUT2D eigenvalue weighted by Gasteiger charge is -2.21. The highest BCUT2D eigenvalue weighted by molar-refractivity contribution is 5.78. The van der Waals surface area contributed by atoms with E-state index >= 15 is 0 Å². The van der Waals surface area contributed by atoms with E-state index in [9.17, 15) is 9.59 Å². The zero-order chi connectivity index (χ0) is 15.9. The second kappa shape index (κ2) is 7.81. The van der Waals surface area contributed by atoms with Crippen LogP contribution in [0.4, 0.5) is 0 Å². The number of benzene rings is 1. The van der Waals surface area contributed by atoms with Crippen LogP contribution >= 0.6 is 0 Å². The third-order valence-electron chi connectivity index (χ3n) is 2.95. The van der Waals surface area contributed by atoms with Crippen LogP contribution in [0.2, 0.25) is 0 Å². The van der Waals surface area contributed by atoms with Crippen molar-refractivity contribution in [2.24, 2.45) is 5.92 Å². The number of hydrogen-bond acceptors (Lipinski definition) is 3. The molecule has 0 saturated carbocycles. The fourth-order valence-electron chi connectivity index (χ4n) is 1.82. The van der Waals surface area contributed by atoms with Crippen molar-refractivity contribution in [2.45, 2.75) is 52.7 Å². The molecule has 116 valence electrons. The smallest absolute Gasteiger partial charge is 0.308 e. The first-order valence-electron chi connectivity index (χ1n) is 7.29. The Morgan fingerprint density at radius 1 is 1.19 bits per heavy atom. The van der Waals surface area contributed by atoms with Gasteiger partial charge in [-0.05, 0) is 32.8 Å². The maximum absolute atomic E-state index is 11.9. The second-order valence-electron chi connectivity index (χ2n) is 6.33. The maximum atomic E-state index is 11.9. The number of amides is 1. The van der Waals surface area contributed by atoms with Crippen molar-refractivity contribution in [3.8, 4) is 0 Å². The van der Waals surface area contributed by atoms with Crippen LogP contribution in [0.15, 0.2) is 30.3 Å². The summed E-state index contributed by atoms with van der Waals surface area (Å²) in [6.45, 7) is 7.86. The van der Waals surface area contributed by atoms with E-state index in [1.165, 1.54) is 0 Å². The molecule has 1 aromatic carbocycles. The molecule has 0 fully saturated rings. The third kappa shape index (κ3) is 7.49. The van der Waals surface area contributed by atoms with Crippen LogP contribution in [0.25, 0.3) is 0 Å². The summed E-state index contributed by atoms with van der Waals surface area (Å²) in [7, 11) is 0. The van der Waals surface area contributed by atoms with Crippen molar-refractivity contribution in [1.82, 2.24) is 5.32 Å². The zero-order valence-electron chi connectivity index (χ0n) is 13.3. The van der Waals surface area contributed by atoms with Gasteiger partial charge in [-0.3, -0.25) is 9.59 Å². The van der Waals surface area contributed by atoms with E-state index in [0.717, 1.165) is 5.56 Å². The Labute approximate surface area is 126 Å². The molecular formula is C17H25NO3. The summed E-state index contributed by atoms with van der Waals surface area (Å²) in [5.74, 6) is -0.577. The van der Waals surface area contributed by atoms with Gasteiger partial charge >= 0.3 is 5.97 Å². The summed E-state index contributed by atoms with van der Waals surface area (Å²) in [6, 6.07) is 9.55. The molecule has 0 saturated heterocycles. The Morgan fingerprint density at radius 2 is 1.81 bits per heavy atom. The predicted molar refractivity (Wildman–Crippen MR) is 82.5 cm³/mol. The Balaban J connectivity index is 2.30. The molecule has 1 rings (SSSR count). The molecule has 1 N–H and O–H groups in total. The highest BCUT2D eigenvalue weighted by Crippen LogP contribution is 2.11. The molecule has 21 heavy (non-hydrogen) atoms. The molecular weight excluding hydrogens is 266 g/mol. The lowest BCUT2D eigenvalue weighted by molar-refractivity contribution is -0.149. The third-order valence-corrected chi connectivity index (χ3v) is 2.95. The first-order chi connectivity index (χ1) is 9.78. The van der Waals surface area contributed by atoms with Crippen molar-refractivity contribution in [2.75, 3.05) is 0 Å². The maximum Gasteiger partial charge on any atom is 0.308 e. The van der Waals surface area contributed by atoms with Crippen LogP contribution in [0.3, 0.4) is 0 Å². The fraction of sp³-hybridized carbons (Fsp3) is 0.529. The number of esters is 1. The average molecular weight is 291 g/mol. The van der Waals surface area contributed by atoms with E-state index in [4.69, 9.17) is 4.74 Å². The van der Waals surface area contributed by atoms with Crippen molar-refractivity contribution >= 4 is 11.9 Å². The molecule has 1 aromatic rings. The van der Waals surface area contributed by atoms with E-state index < -0.39 is 0 Å². The quantitative estimate of drug-likeness (QED) is 0.820. The van der Waals surface area contributed by atoms with E-state index in [-0.39, 0.29) is 29.9 Å². The molecule has 0 heterocycles. The van der Waals surface area contributed by atoms with Crippen molar-refractivity contribution in [3.05, 3.63) is 35.9 Å². The van der Waals surface area contributed by atoms with Gasteiger partial charge in [0.2, 0.25) is 5.91 Å². The van der Waals surface area contributed by atoms with Crippen LogP contribution in [0.1, 0.15) is 46.1 Å². The van der Waals surface area contributed by atoms with Crippen molar-refractivity contribution in [1.29, 1.82) is 0 Å². The van der Waals surface area contributed by atoms with E-state index in [0.29, 0.717) is 12.8 Å². The number of carbonyl (C=O) groups excluding carboxylic acids is 2. The first kappa shape index (κ1) is 17.2. The molecule has 1 amide bonds. The number of nitrogens with one attached hydrogen (secondary N) is 1. The standard InChI is InChI=1S/C17H25NO3/c1-13(10-11-15(19)18-17(2,3)4)16(20)21-12-14-8-6-5-7-9-14/h5-9,13H,10-12H2,1-4H3,(H,18,19)/t13-/m0/s1. The lowest BCUT2D eigenvalue weighted by Crippen LogP contribution is -2.40. The molecule has 0 aliphatic rings. The summed E-state index contributed by atoms with van der Waals surface area (Å²) < 4.78 is 5.25. The molecule has 1 atom stereocenters. The Hall–Kier alpha value is -1.84. The SMILES string of the molecule is C[C@@H](CCC(=O)NC(C)(C)C)C(=O)OCc1ccccc1. The van der Waals surface area contributed by atoms with Crippen LogP contribution < -0.4 is 5.32 Å². The number of rotatable bonds is 6. The summed E-state index contributed by atoms with van der Waals surface area (Å²) >= 11 is 0. The van der Waals surface area contributed by atoms with Crippen molar-refractivity contribution < 1.29 is 14.3 Å². The van der Waals surface area contributed by atoms with Gasteiger partial charge in [-0.15, -0.1) is 0 Å². The van der Waals surface area contributed by atoms with Gasteiger partial charge in [0.15, 0.2) is 0 Å². The van der Waals surface area contributed by atoms with Gasteiger partial charge in [-0.1, -0.05) is 37.3 Å². The van der Waals surface area contributed by atoms with Gasteiger partial charge in [0.1, 0.15) is 6.61 Å². The summed E-state index contributed by atoms with van der Waals surface area (Å²) in [6.07, 6.45) is 0.828. The van der Waals surface area contributed by atoms with Gasteiger partial charge < -0.3 is 10.1 Å². The van der Waals surface area contributed by atoms with E-state index in [1.54, 1.807) is 6.92 Å². The van der Waals surface area contributed by atoms with Gasteiger partial charge in [-0.2, -0.15) is 0 Å². The number of hydrogen-bond donors (Lipinski definition) is 1. The van der Waals surface area contributed by atoms with Crippen LogP contribution in [-0.4, -0.2) is 17.4 Å².